The summed E-state index contributed by atoms with van der Waals surface area (Å²) in [5, 5.41) is 11.4. The molecule has 0 unspecified atom stereocenters. The molecular weight excluding hydrogens is 282 g/mol. The highest BCUT2D eigenvalue weighted by Crippen LogP contribution is 2.20. The molecule has 0 aromatic heterocycles. The van der Waals surface area contributed by atoms with Crippen LogP contribution in [0.5, 0.6) is 0 Å². The van der Waals surface area contributed by atoms with Crippen LogP contribution in [0.3, 0.4) is 0 Å². The van der Waals surface area contributed by atoms with Crippen LogP contribution in [0.2, 0.25) is 0 Å². The highest BCUT2D eigenvalue weighted by atomic mass is 32.2. The van der Waals surface area contributed by atoms with Gasteiger partial charge < -0.3 is 10.4 Å². The third kappa shape index (κ3) is 3.16. The van der Waals surface area contributed by atoms with Crippen LogP contribution in [0, 0.1) is 6.92 Å². The Kier molecular flexibility index (Phi) is 4.24. The Balaban J connectivity index is 3.09. The zero-order valence-electron chi connectivity index (χ0n) is 11.7. The molecule has 0 spiro atoms. The molecule has 0 aliphatic carbocycles. The molecule has 1 aromatic carbocycles. The van der Waals surface area contributed by atoms with Gasteiger partial charge in [0.1, 0.15) is 4.75 Å². The first kappa shape index (κ1) is 16.2. The van der Waals surface area contributed by atoms with Gasteiger partial charge in [0.15, 0.2) is 9.84 Å². The Labute approximate surface area is 117 Å². The molecule has 1 amide bonds. The topological polar surface area (TPSA) is 101 Å². The molecule has 2 N–H and O–H groups in total. The van der Waals surface area contributed by atoms with E-state index in [2.05, 4.69) is 5.32 Å². The summed E-state index contributed by atoms with van der Waals surface area (Å²) in [5.41, 5.74) is 0.854. The second-order valence-corrected chi connectivity index (χ2v) is 7.64. The quantitative estimate of drug-likeness (QED) is 0.876. The van der Waals surface area contributed by atoms with Crippen LogP contribution in [0.4, 0.5) is 5.69 Å². The number of aryl methyl sites for hydroxylation is 1. The first-order valence-electron chi connectivity index (χ1n) is 5.82. The summed E-state index contributed by atoms with van der Waals surface area (Å²) < 4.78 is 21.5. The number of benzene rings is 1. The number of anilines is 1. The lowest BCUT2D eigenvalue weighted by molar-refractivity contribution is -0.117. The maximum absolute atomic E-state index is 12.0. The van der Waals surface area contributed by atoms with E-state index in [-0.39, 0.29) is 11.3 Å². The minimum atomic E-state index is -3.58. The van der Waals surface area contributed by atoms with Crippen molar-refractivity contribution < 1.29 is 23.1 Å². The van der Waals surface area contributed by atoms with Crippen molar-refractivity contribution in [3.63, 3.8) is 0 Å². The molecule has 6 nitrogen and oxygen atoms in total. The number of sulfone groups is 1. The summed E-state index contributed by atoms with van der Waals surface area (Å²) in [7, 11) is -3.58. The van der Waals surface area contributed by atoms with E-state index in [0.717, 1.165) is 6.26 Å². The summed E-state index contributed by atoms with van der Waals surface area (Å²) >= 11 is 0. The number of carbonyl (C=O) groups is 2. The van der Waals surface area contributed by atoms with Gasteiger partial charge in [-0.2, -0.15) is 0 Å². The van der Waals surface area contributed by atoms with Crippen molar-refractivity contribution in [2.45, 2.75) is 25.5 Å². The molecular formula is C13H17NO5S. The first-order valence-corrected chi connectivity index (χ1v) is 7.71. The Bertz CT molecular complexity index is 661. The van der Waals surface area contributed by atoms with E-state index in [9.17, 15) is 18.0 Å². The van der Waals surface area contributed by atoms with Gasteiger partial charge >= 0.3 is 5.97 Å². The van der Waals surface area contributed by atoms with E-state index in [1.54, 1.807) is 13.0 Å². The van der Waals surface area contributed by atoms with Crippen LogP contribution in [0.1, 0.15) is 29.8 Å². The van der Waals surface area contributed by atoms with Gasteiger partial charge in [0.05, 0.1) is 5.56 Å². The van der Waals surface area contributed by atoms with Crippen LogP contribution in [-0.4, -0.2) is 36.4 Å². The van der Waals surface area contributed by atoms with E-state index < -0.39 is 26.5 Å². The van der Waals surface area contributed by atoms with E-state index in [4.69, 9.17) is 5.11 Å². The van der Waals surface area contributed by atoms with Crippen LogP contribution >= 0.6 is 0 Å². The number of carboxylic acid groups (broad SMARTS) is 1. The molecule has 0 heterocycles. The second kappa shape index (κ2) is 5.24. The molecule has 0 radical (unpaired) electrons. The Morgan fingerprint density at radius 3 is 2.25 bits per heavy atom. The molecule has 0 saturated heterocycles. The van der Waals surface area contributed by atoms with E-state index in [1.807, 2.05) is 0 Å². The highest BCUT2D eigenvalue weighted by Gasteiger charge is 2.38. The predicted octanol–water partition coefficient (Wildman–Crippen LogP) is 1.45. The number of aromatic carboxylic acids is 1. The first-order chi connectivity index (χ1) is 8.96. The average molecular weight is 299 g/mol. The fourth-order valence-electron chi connectivity index (χ4n) is 1.38. The van der Waals surface area contributed by atoms with E-state index in [1.165, 1.54) is 26.0 Å². The number of hydrogen-bond donors (Lipinski definition) is 2. The molecule has 110 valence electrons. The van der Waals surface area contributed by atoms with Gasteiger partial charge in [0.25, 0.3) is 0 Å². The zero-order valence-corrected chi connectivity index (χ0v) is 12.5. The van der Waals surface area contributed by atoms with Crippen LogP contribution in [-0.2, 0) is 14.6 Å². The van der Waals surface area contributed by atoms with Crippen LogP contribution in [0.15, 0.2) is 18.2 Å². The van der Waals surface area contributed by atoms with Crippen LogP contribution in [0.25, 0.3) is 0 Å². The lowest BCUT2D eigenvalue weighted by Crippen LogP contribution is -2.43. The third-order valence-electron chi connectivity index (χ3n) is 3.20. The number of amides is 1. The Morgan fingerprint density at radius 2 is 1.80 bits per heavy atom. The van der Waals surface area contributed by atoms with Crippen LogP contribution < -0.4 is 5.32 Å². The van der Waals surface area contributed by atoms with Crippen molar-refractivity contribution >= 4 is 27.4 Å². The predicted molar refractivity (Wildman–Crippen MR) is 75.7 cm³/mol. The average Bonchev–Trinajstić information content (AvgIpc) is 2.29. The summed E-state index contributed by atoms with van der Waals surface area (Å²) in [5.74, 6) is -1.82. The van der Waals surface area contributed by atoms with Gasteiger partial charge in [0.2, 0.25) is 5.91 Å². The van der Waals surface area contributed by atoms with E-state index in [0.29, 0.717) is 5.56 Å². The summed E-state index contributed by atoms with van der Waals surface area (Å²) in [6.45, 7) is 4.23. The normalized spacial score (nSPS) is 12.0. The summed E-state index contributed by atoms with van der Waals surface area (Å²) in [6, 6.07) is 4.37. The largest absolute Gasteiger partial charge is 0.478 e. The molecule has 0 fully saturated rings. The van der Waals surface area contributed by atoms with Gasteiger partial charge in [0, 0.05) is 11.9 Å². The van der Waals surface area contributed by atoms with Crippen molar-refractivity contribution in [2.24, 2.45) is 0 Å². The van der Waals surface area contributed by atoms with Gasteiger partial charge in [-0.25, -0.2) is 13.2 Å². The number of rotatable bonds is 4. The summed E-state index contributed by atoms with van der Waals surface area (Å²) in [6.07, 6.45) is 0.977. The molecule has 0 bridgehead atoms. The molecule has 0 aliphatic rings. The maximum Gasteiger partial charge on any atom is 0.336 e. The summed E-state index contributed by atoms with van der Waals surface area (Å²) in [4.78, 5) is 23.0. The Hall–Kier alpha value is -1.89. The number of nitrogens with one attached hydrogen (secondary N) is 1. The molecule has 0 aliphatic heterocycles. The molecule has 20 heavy (non-hydrogen) atoms. The van der Waals surface area contributed by atoms with Crippen molar-refractivity contribution in [1.82, 2.24) is 0 Å². The second-order valence-electron chi connectivity index (χ2n) is 5.07. The molecule has 0 atom stereocenters. The van der Waals surface area contributed by atoms with Gasteiger partial charge in [-0.05, 0) is 38.5 Å². The SMILES string of the molecule is Cc1ccc(NC(=O)C(C)(C)S(C)(=O)=O)cc1C(=O)O. The number of hydrogen-bond acceptors (Lipinski definition) is 4. The van der Waals surface area contributed by atoms with Crippen molar-refractivity contribution in [2.75, 3.05) is 11.6 Å². The van der Waals surface area contributed by atoms with Crippen molar-refractivity contribution in [3.8, 4) is 0 Å². The number of carbonyl (C=O) groups excluding carboxylic acids is 1. The smallest absolute Gasteiger partial charge is 0.336 e. The zero-order chi connectivity index (χ0) is 15.7. The van der Waals surface area contributed by atoms with Crippen molar-refractivity contribution in [1.29, 1.82) is 0 Å². The minimum Gasteiger partial charge on any atom is -0.478 e. The number of carboxylic acids is 1. The molecule has 0 saturated carbocycles. The van der Waals surface area contributed by atoms with Gasteiger partial charge in [-0.3, -0.25) is 4.79 Å². The van der Waals surface area contributed by atoms with E-state index >= 15 is 0 Å². The molecule has 1 aromatic rings. The lowest BCUT2D eigenvalue weighted by atomic mass is 10.1. The minimum absolute atomic E-state index is 0.0555. The maximum atomic E-state index is 12.0. The molecule has 7 heteroatoms. The van der Waals surface area contributed by atoms with Gasteiger partial charge in [-0.15, -0.1) is 0 Å². The third-order valence-corrected chi connectivity index (χ3v) is 5.24. The fourth-order valence-corrected chi connectivity index (χ4v) is 1.77. The van der Waals surface area contributed by atoms with Crippen molar-refractivity contribution in [3.05, 3.63) is 29.3 Å². The highest BCUT2D eigenvalue weighted by molar-refractivity contribution is 7.92. The standard InChI is InChI=1S/C13H17NO5S/c1-8-5-6-9(7-10(8)11(15)16)14-12(17)13(2,3)20(4,18)19/h5-7H,1-4H3,(H,14,17)(H,15,16). The Morgan fingerprint density at radius 1 is 1.25 bits per heavy atom. The monoisotopic (exact) mass is 299 g/mol. The molecule has 1 rings (SSSR count). The van der Waals surface area contributed by atoms with Gasteiger partial charge in [-0.1, -0.05) is 6.07 Å². The lowest BCUT2D eigenvalue weighted by Gasteiger charge is -2.21. The fraction of sp³-hybridized carbons (Fsp3) is 0.385.